The number of rotatable bonds is 14. The molecule has 0 spiro atoms. The molecule has 8 heteroatoms. The zero-order chi connectivity index (χ0) is 20.2. The van der Waals surface area contributed by atoms with Crippen molar-refractivity contribution >= 4 is 22.8 Å². The molecule has 0 saturated carbocycles. The Hall–Kier alpha value is -1.61. The van der Waals surface area contributed by atoms with Gasteiger partial charge in [-0.3, -0.25) is 4.99 Å². The van der Waals surface area contributed by atoms with Crippen molar-refractivity contribution in [3.8, 4) is 5.75 Å². The fourth-order valence-corrected chi connectivity index (χ4v) is 3.81. The molecule has 28 heavy (non-hydrogen) atoms. The molecule has 0 saturated heterocycles. The van der Waals surface area contributed by atoms with E-state index in [1.54, 1.807) is 7.11 Å². The summed E-state index contributed by atoms with van der Waals surface area (Å²) < 4.78 is 21.7. The molecule has 1 aromatic rings. The molecule has 1 N–H and O–H groups in total. The van der Waals surface area contributed by atoms with Gasteiger partial charge in [-0.05, 0) is 12.5 Å². The average Bonchev–Trinajstić information content (AvgIpc) is 3.18. The van der Waals surface area contributed by atoms with E-state index in [1.165, 1.54) is 11.8 Å². The van der Waals surface area contributed by atoms with Crippen LogP contribution in [0.4, 0.5) is 0 Å². The molecule has 0 fully saturated rings. The van der Waals surface area contributed by atoms with E-state index in [4.69, 9.17) is 18.9 Å². The molecule has 1 aromatic carbocycles. The van der Waals surface area contributed by atoms with Crippen LogP contribution in [0.25, 0.3) is 0 Å². The average molecular weight is 412 g/mol. The number of benzene rings is 1. The normalized spacial score (nSPS) is 16.2. The molecular weight excluding hydrogens is 382 g/mol. The first kappa shape index (κ1) is 22.7. The maximum absolute atomic E-state index is 11.2. The highest BCUT2D eigenvalue weighted by molar-refractivity contribution is 8.14. The van der Waals surface area contributed by atoms with E-state index in [0.29, 0.717) is 45.4 Å². The van der Waals surface area contributed by atoms with Crippen LogP contribution in [-0.2, 0) is 25.4 Å². The lowest BCUT2D eigenvalue weighted by Gasteiger charge is -2.15. The van der Waals surface area contributed by atoms with Gasteiger partial charge in [0.2, 0.25) is 0 Å². The minimum absolute atomic E-state index is 0.440. The summed E-state index contributed by atoms with van der Waals surface area (Å²) in [5, 5.41) is 9.96. The van der Waals surface area contributed by atoms with E-state index < -0.39 is 12.0 Å². The summed E-state index contributed by atoms with van der Waals surface area (Å²) >= 11 is 1.49. The van der Waals surface area contributed by atoms with Crippen molar-refractivity contribution in [3.05, 3.63) is 29.3 Å². The number of ether oxygens (including phenoxy) is 4. The molecule has 0 amide bonds. The highest BCUT2D eigenvalue weighted by Gasteiger charge is 2.26. The van der Waals surface area contributed by atoms with Gasteiger partial charge in [-0.25, -0.2) is 4.79 Å². The highest BCUT2D eigenvalue weighted by Crippen LogP contribution is 2.31. The van der Waals surface area contributed by atoms with Gasteiger partial charge in [0.15, 0.2) is 6.04 Å². The van der Waals surface area contributed by atoms with E-state index in [1.807, 2.05) is 18.2 Å². The molecule has 1 aliphatic heterocycles. The quantitative estimate of drug-likeness (QED) is 0.471. The Labute approximate surface area is 170 Å². The highest BCUT2D eigenvalue weighted by atomic mass is 32.2. The van der Waals surface area contributed by atoms with Crippen molar-refractivity contribution in [2.45, 2.75) is 25.8 Å². The van der Waals surface area contributed by atoms with E-state index in [2.05, 4.69) is 11.9 Å². The lowest BCUT2D eigenvalue weighted by atomic mass is 10.0. The molecule has 0 aromatic heterocycles. The van der Waals surface area contributed by atoms with E-state index in [9.17, 15) is 9.90 Å². The van der Waals surface area contributed by atoms with Crippen LogP contribution < -0.4 is 4.74 Å². The monoisotopic (exact) mass is 411 g/mol. The number of carboxylic acids is 1. The van der Waals surface area contributed by atoms with E-state index >= 15 is 0 Å². The lowest BCUT2D eigenvalue weighted by Crippen LogP contribution is -2.17. The number of hydrogen-bond donors (Lipinski definition) is 1. The summed E-state index contributed by atoms with van der Waals surface area (Å²) in [7, 11) is 1.64. The Bertz CT molecular complexity index is 652. The zero-order valence-electron chi connectivity index (χ0n) is 16.5. The number of carbonyl (C=O) groups is 1. The van der Waals surface area contributed by atoms with Gasteiger partial charge in [-0.2, -0.15) is 0 Å². The molecule has 1 atom stereocenters. The SMILES string of the molecule is CCCc1c(OCCOCCOCCOC)cccc1C1=NC(C(=O)O)CS1. The summed E-state index contributed by atoms with van der Waals surface area (Å²) in [6.07, 6.45) is 1.81. The summed E-state index contributed by atoms with van der Waals surface area (Å²) in [4.78, 5) is 15.6. The maximum atomic E-state index is 11.2. The second kappa shape index (κ2) is 12.8. The lowest BCUT2D eigenvalue weighted by molar-refractivity contribution is -0.137. The Morgan fingerprint density at radius 1 is 1.18 bits per heavy atom. The van der Waals surface area contributed by atoms with Crippen LogP contribution in [0.2, 0.25) is 0 Å². The van der Waals surface area contributed by atoms with Gasteiger partial charge >= 0.3 is 5.97 Å². The Balaban J connectivity index is 1.89. The van der Waals surface area contributed by atoms with Crippen molar-refractivity contribution in [1.82, 2.24) is 0 Å². The van der Waals surface area contributed by atoms with Crippen LogP contribution in [0.5, 0.6) is 5.75 Å². The molecule has 7 nitrogen and oxygen atoms in total. The summed E-state index contributed by atoms with van der Waals surface area (Å²) in [6.45, 7) is 5.21. The minimum atomic E-state index is -0.879. The standard InChI is InChI=1S/C20H29NO6S/c1-3-5-15-16(19-21-17(14-28-19)20(22)23)6-4-7-18(15)27-13-12-26-11-10-25-9-8-24-2/h4,6-7,17H,3,5,8-14H2,1-2H3,(H,22,23). The number of aliphatic imine (C=N–C) groups is 1. The molecule has 2 rings (SSSR count). The Kier molecular flexibility index (Phi) is 10.3. The van der Waals surface area contributed by atoms with Crippen LogP contribution in [0.15, 0.2) is 23.2 Å². The van der Waals surface area contributed by atoms with Crippen LogP contribution in [0.3, 0.4) is 0 Å². The Morgan fingerprint density at radius 3 is 2.54 bits per heavy atom. The van der Waals surface area contributed by atoms with Crippen molar-refractivity contribution in [2.75, 3.05) is 52.5 Å². The first-order valence-corrected chi connectivity index (χ1v) is 10.5. The van der Waals surface area contributed by atoms with Crippen molar-refractivity contribution in [1.29, 1.82) is 0 Å². The molecule has 1 unspecified atom stereocenters. The maximum Gasteiger partial charge on any atom is 0.329 e. The second-order valence-electron chi connectivity index (χ2n) is 6.20. The summed E-state index contributed by atoms with van der Waals surface area (Å²) in [6, 6.07) is 5.18. The number of hydrogen-bond acceptors (Lipinski definition) is 7. The van der Waals surface area contributed by atoms with Crippen LogP contribution in [0, 0.1) is 0 Å². The van der Waals surface area contributed by atoms with Crippen LogP contribution in [-0.4, -0.2) is 74.7 Å². The van der Waals surface area contributed by atoms with Gasteiger partial charge in [0.1, 0.15) is 12.4 Å². The molecule has 1 aliphatic rings. The summed E-state index contributed by atoms with van der Waals surface area (Å²) in [5.41, 5.74) is 2.05. The molecular formula is C20H29NO6S. The van der Waals surface area contributed by atoms with Crippen LogP contribution >= 0.6 is 11.8 Å². The third-order valence-electron chi connectivity index (χ3n) is 4.09. The predicted molar refractivity (Wildman–Crippen MR) is 110 cm³/mol. The topological polar surface area (TPSA) is 86.6 Å². The van der Waals surface area contributed by atoms with E-state index in [0.717, 1.165) is 34.8 Å². The van der Waals surface area contributed by atoms with Crippen molar-refractivity contribution in [3.63, 3.8) is 0 Å². The van der Waals surface area contributed by atoms with Gasteiger partial charge < -0.3 is 24.1 Å². The number of carboxylic acid groups (broad SMARTS) is 1. The smallest absolute Gasteiger partial charge is 0.329 e. The summed E-state index contributed by atoms with van der Waals surface area (Å²) in [5.74, 6) is 0.401. The first-order chi connectivity index (χ1) is 13.7. The minimum Gasteiger partial charge on any atom is -0.491 e. The fourth-order valence-electron chi connectivity index (χ4n) is 2.73. The third kappa shape index (κ3) is 7.09. The van der Waals surface area contributed by atoms with Gasteiger partial charge in [0, 0.05) is 24.0 Å². The van der Waals surface area contributed by atoms with Crippen molar-refractivity contribution in [2.24, 2.45) is 4.99 Å². The molecule has 156 valence electrons. The largest absolute Gasteiger partial charge is 0.491 e. The predicted octanol–water partition coefficient (Wildman–Crippen LogP) is 2.64. The molecule has 1 heterocycles. The Morgan fingerprint density at radius 2 is 1.89 bits per heavy atom. The van der Waals surface area contributed by atoms with Gasteiger partial charge in [-0.15, -0.1) is 11.8 Å². The zero-order valence-corrected chi connectivity index (χ0v) is 17.3. The van der Waals surface area contributed by atoms with Gasteiger partial charge in [0.05, 0.1) is 38.1 Å². The number of thioether (sulfide) groups is 1. The van der Waals surface area contributed by atoms with Gasteiger partial charge in [-0.1, -0.05) is 25.5 Å². The fraction of sp³-hybridized carbons (Fsp3) is 0.600. The molecule has 0 bridgehead atoms. The van der Waals surface area contributed by atoms with Crippen molar-refractivity contribution < 1.29 is 28.8 Å². The van der Waals surface area contributed by atoms with Crippen LogP contribution in [0.1, 0.15) is 24.5 Å². The van der Waals surface area contributed by atoms with E-state index in [-0.39, 0.29) is 0 Å². The first-order valence-electron chi connectivity index (χ1n) is 9.50. The molecule has 0 aliphatic carbocycles. The molecule has 0 radical (unpaired) electrons. The van der Waals surface area contributed by atoms with Gasteiger partial charge in [0.25, 0.3) is 0 Å². The number of methoxy groups -OCH3 is 1. The number of nitrogens with zero attached hydrogens (tertiary/aromatic N) is 1. The number of aliphatic carboxylic acids is 1. The second-order valence-corrected chi connectivity index (χ2v) is 7.21. The third-order valence-corrected chi connectivity index (χ3v) is 5.17.